The molecule has 0 bridgehead atoms. The van der Waals surface area contributed by atoms with Gasteiger partial charge in [-0.2, -0.15) is 0 Å². The molecule has 7 nitrogen and oxygen atoms in total. The molecule has 0 aliphatic rings. The van der Waals surface area contributed by atoms with Gasteiger partial charge in [0, 0.05) is 11.9 Å². The predicted molar refractivity (Wildman–Crippen MR) is 70.5 cm³/mol. The van der Waals surface area contributed by atoms with Crippen LogP contribution in [0.15, 0.2) is 24.4 Å². The molecule has 0 aliphatic carbocycles. The molecule has 1 amide bonds. The Hall–Kier alpha value is -2.41. The monoisotopic (exact) mass is 277 g/mol. The predicted octanol–water partition coefficient (Wildman–Crippen LogP) is 0.207. The van der Waals surface area contributed by atoms with Gasteiger partial charge in [-0.25, -0.2) is 9.78 Å². The number of carboxylic acid groups (broad SMARTS) is 1. The first-order valence-electron chi connectivity index (χ1n) is 6.06. The fourth-order valence-electron chi connectivity index (χ4n) is 1.86. The van der Waals surface area contributed by atoms with Gasteiger partial charge in [-0.15, -0.1) is 0 Å². The van der Waals surface area contributed by atoms with Crippen LogP contribution in [-0.2, 0) is 4.79 Å². The van der Waals surface area contributed by atoms with E-state index in [4.69, 9.17) is 5.11 Å². The molecule has 2 aromatic heterocycles. The van der Waals surface area contributed by atoms with Gasteiger partial charge in [0.2, 0.25) is 0 Å². The second-order valence-corrected chi connectivity index (χ2v) is 4.55. The summed E-state index contributed by atoms with van der Waals surface area (Å²) < 4.78 is 1.73. The Morgan fingerprint density at radius 2 is 2.10 bits per heavy atom. The molecule has 0 spiro atoms. The number of carbonyl (C=O) groups is 2. The third kappa shape index (κ3) is 2.62. The van der Waals surface area contributed by atoms with Crippen molar-refractivity contribution in [2.75, 3.05) is 0 Å². The Labute approximate surface area is 114 Å². The van der Waals surface area contributed by atoms with Crippen LogP contribution in [0.1, 0.15) is 23.1 Å². The van der Waals surface area contributed by atoms with Crippen LogP contribution >= 0.6 is 0 Å². The number of pyridine rings is 1. The van der Waals surface area contributed by atoms with Gasteiger partial charge in [-0.3, -0.25) is 4.79 Å². The average molecular weight is 277 g/mol. The zero-order valence-electron chi connectivity index (χ0n) is 11.1. The number of hydrogen-bond donors (Lipinski definition) is 3. The van der Waals surface area contributed by atoms with Crippen LogP contribution in [0.5, 0.6) is 0 Å². The molecule has 3 N–H and O–H groups in total. The van der Waals surface area contributed by atoms with Gasteiger partial charge < -0.3 is 19.9 Å². The lowest BCUT2D eigenvalue weighted by Crippen LogP contribution is -2.47. The van der Waals surface area contributed by atoms with E-state index in [-0.39, 0.29) is 5.69 Å². The number of hydrogen-bond acceptors (Lipinski definition) is 4. The minimum absolute atomic E-state index is 0.103. The van der Waals surface area contributed by atoms with Crippen molar-refractivity contribution >= 4 is 17.5 Å². The second-order valence-electron chi connectivity index (χ2n) is 4.55. The van der Waals surface area contributed by atoms with Crippen molar-refractivity contribution in [3.63, 3.8) is 0 Å². The van der Waals surface area contributed by atoms with Gasteiger partial charge in [0.05, 0.1) is 6.10 Å². The highest BCUT2D eigenvalue weighted by atomic mass is 16.4. The highest BCUT2D eigenvalue weighted by molar-refractivity contribution is 5.95. The number of amides is 1. The highest BCUT2D eigenvalue weighted by Gasteiger charge is 2.26. The number of carboxylic acids is 1. The summed E-state index contributed by atoms with van der Waals surface area (Å²) in [5, 5.41) is 20.5. The van der Waals surface area contributed by atoms with Crippen molar-refractivity contribution in [2.24, 2.45) is 0 Å². The number of rotatable bonds is 4. The normalized spacial score (nSPS) is 13.9. The number of aliphatic hydroxyl groups is 1. The highest BCUT2D eigenvalue weighted by Crippen LogP contribution is 2.08. The Balaban J connectivity index is 2.27. The molecule has 2 rings (SSSR count). The zero-order valence-corrected chi connectivity index (χ0v) is 11.1. The number of aliphatic carboxylic acids is 1. The van der Waals surface area contributed by atoms with E-state index in [1.165, 1.54) is 13.1 Å². The van der Waals surface area contributed by atoms with Gasteiger partial charge in [0.25, 0.3) is 5.91 Å². The molecule has 0 aliphatic heterocycles. The topological polar surface area (TPSA) is 104 Å². The summed E-state index contributed by atoms with van der Waals surface area (Å²) in [6.45, 7) is 3.17. The van der Waals surface area contributed by atoms with Crippen molar-refractivity contribution in [3.05, 3.63) is 35.8 Å². The fraction of sp³-hybridized carbons (Fsp3) is 0.308. The maximum Gasteiger partial charge on any atom is 0.328 e. The molecule has 7 heteroatoms. The van der Waals surface area contributed by atoms with Gasteiger partial charge in [0.15, 0.2) is 6.04 Å². The smallest absolute Gasteiger partial charge is 0.328 e. The van der Waals surface area contributed by atoms with Crippen molar-refractivity contribution < 1.29 is 19.8 Å². The third-order valence-electron chi connectivity index (χ3n) is 2.96. The number of carbonyl (C=O) groups excluding carboxylic acids is 1. The van der Waals surface area contributed by atoms with E-state index in [1.807, 2.05) is 19.1 Å². The Kier molecular flexibility index (Phi) is 3.71. The maximum absolute atomic E-state index is 12.0. The molecular formula is C13H15N3O4. The summed E-state index contributed by atoms with van der Waals surface area (Å²) in [7, 11) is 0. The summed E-state index contributed by atoms with van der Waals surface area (Å²) in [6.07, 6.45) is 0.330. The molecule has 0 radical (unpaired) electrons. The van der Waals surface area contributed by atoms with Crippen molar-refractivity contribution in [2.45, 2.75) is 26.0 Å². The van der Waals surface area contributed by atoms with Crippen molar-refractivity contribution in [1.29, 1.82) is 0 Å². The number of aliphatic hydroxyl groups excluding tert-OH is 1. The van der Waals surface area contributed by atoms with E-state index in [0.29, 0.717) is 5.65 Å². The first kappa shape index (κ1) is 14.0. The Morgan fingerprint density at radius 3 is 2.65 bits per heavy atom. The van der Waals surface area contributed by atoms with Gasteiger partial charge >= 0.3 is 5.97 Å². The Morgan fingerprint density at radius 1 is 1.40 bits per heavy atom. The lowest BCUT2D eigenvalue weighted by molar-refractivity contribution is -0.141. The molecule has 20 heavy (non-hydrogen) atoms. The summed E-state index contributed by atoms with van der Waals surface area (Å²) in [4.78, 5) is 27.0. The lowest BCUT2D eigenvalue weighted by Gasteiger charge is -2.15. The van der Waals surface area contributed by atoms with Crippen LogP contribution in [0.25, 0.3) is 5.65 Å². The minimum atomic E-state index is -1.37. The molecular weight excluding hydrogens is 262 g/mol. The SMILES string of the molecule is Cc1cccc2nc(C(=O)NC(C(=O)O)C(C)O)cn12. The molecule has 2 atom stereocenters. The van der Waals surface area contributed by atoms with E-state index >= 15 is 0 Å². The molecule has 0 aromatic carbocycles. The van der Waals surface area contributed by atoms with Gasteiger partial charge in [0.1, 0.15) is 11.3 Å². The minimum Gasteiger partial charge on any atom is -0.480 e. The Bertz CT molecular complexity index is 663. The molecule has 106 valence electrons. The van der Waals surface area contributed by atoms with E-state index < -0.39 is 24.0 Å². The van der Waals surface area contributed by atoms with Crippen LogP contribution < -0.4 is 5.32 Å². The second kappa shape index (κ2) is 5.30. The molecule has 0 fully saturated rings. The fourth-order valence-corrected chi connectivity index (χ4v) is 1.86. The van der Waals surface area contributed by atoms with Gasteiger partial charge in [-0.1, -0.05) is 6.07 Å². The molecule has 2 unspecified atom stereocenters. The first-order valence-corrected chi connectivity index (χ1v) is 6.06. The summed E-state index contributed by atoms with van der Waals surface area (Å²) in [6, 6.07) is 4.06. The largest absolute Gasteiger partial charge is 0.480 e. The summed E-state index contributed by atoms with van der Waals surface area (Å²) in [5.74, 6) is -1.94. The number of nitrogens with zero attached hydrogens (tertiary/aromatic N) is 2. The molecule has 2 aromatic rings. The molecule has 2 heterocycles. The summed E-state index contributed by atoms with van der Waals surface area (Å²) >= 11 is 0. The standard InChI is InChI=1S/C13H15N3O4/c1-7-4-3-5-10-14-9(6-16(7)10)12(18)15-11(8(2)17)13(19)20/h3-6,8,11,17H,1-2H3,(H,15,18)(H,19,20). The van der Waals surface area contributed by atoms with Crippen LogP contribution in [-0.4, -0.2) is 43.6 Å². The third-order valence-corrected chi connectivity index (χ3v) is 2.96. The molecule has 0 saturated carbocycles. The average Bonchev–Trinajstić information content (AvgIpc) is 2.80. The summed E-state index contributed by atoms with van der Waals surface area (Å²) in [5.41, 5.74) is 1.60. The van der Waals surface area contributed by atoms with E-state index in [2.05, 4.69) is 10.3 Å². The number of fused-ring (bicyclic) bond motifs is 1. The number of nitrogens with one attached hydrogen (secondary N) is 1. The first-order chi connectivity index (χ1) is 9.40. The van der Waals surface area contributed by atoms with E-state index in [1.54, 1.807) is 10.5 Å². The van der Waals surface area contributed by atoms with E-state index in [0.717, 1.165) is 5.69 Å². The quantitative estimate of drug-likeness (QED) is 0.741. The number of aryl methyl sites for hydroxylation is 1. The van der Waals surface area contributed by atoms with Crippen molar-refractivity contribution in [1.82, 2.24) is 14.7 Å². The van der Waals surface area contributed by atoms with Crippen LogP contribution in [0.4, 0.5) is 0 Å². The van der Waals surface area contributed by atoms with Crippen LogP contribution in [0.3, 0.4) is 0 Å². The molecule has 0 saturated heterocycles. The van der Waals surface area contributed by atoms with Crippen LogP contribution in [0, 0.1) is 6.92 Å². The lowest BCUT2D eigenvalue weighted by atomic mass is 10.2. The number of aromatic nitrogens is 2. The van der Waals surface area contributed by atoms with E-state index in [9.17, 15) is 14.7 Å². The number of imidazole rings is 1. The van der Waals surface area contributed by atoms with Crippen molar-refractivity contribution in [3.8, 4) is 0 Å². The van der Waals surface area contributed by atoms with Gasteiger partial charge in [-0.05, 0) is 26.0 Å². The zero-order chi connectivity index (χ0) is 14.9. The van der Waals surface area contributed by atoms with Crippen LogP contribution in [0.2, 0.25) is 0 Å². The maximum atomic E-state index is 12.0.